The highest BCUT2D eigenvalue weighted by atomic mass is 32.2. The first-order chi connectivity index (χ1) is 6.20. The van der Waals surface area contributed by atoms with Crippen LogP contribution in [0.1, 0.15) is 11.3 Å². The molecule has 1 heterocycles. The fourth-order valence-electron chi connectivity index (χ4n) is 0.974. The van der Waals surface area contributed by atoms with Gasteiger partial charge in [0.25, 0.3) is 0 Å². The second kappa shape index (κ2) is 4.18. The van der Waals surface area contributed by atoms with Gasteiger partial charge in [-0.2, -0.15) is 0 Å². The molecule has 1 rings (SSSR count). The maximum absolute atomic E-state index is 9.65. The molecule has 0 aliphatic carbocycles. The zero-order valence-corrected chi connectivity index (χ0v) is 8.48. The standard InChI is InChI=1S/C9H12N2OS/c1-4-7-5-10-6(2)9(12)8(7)11-13-3/h4-5,12H,1H2,2-3H3,(H,10,11). The molecule has 0 fully saturated rings. The lowest BCUT2D eigenvalue weighted by atomic mass is 10.2. The summed E-state index contributed by atoms with van der Waals surface area (Å²) in [5, 5.41) is 9.65. The van der Waals surface area contributed by atoms with E-state index in [1.54, 1.807) is 19.2 Å². The van der Waals surface area contributed by atoms with Crippen molar-refractivity contribution in [2.75, 3.05) is 11.0 Å². The molecule has 0 radical (unpaired) electrons. The molecule has 0 atom stereocenters. The molecule has 0 spiro atoms. The Bertz CT molecular complexity index is 326. The van der Waals surface area contributed by atoms with Crippen LogP contribution in [-0.4, -0.2) is 16.3 Å². The number of aryl methyl sites for hydroxylation is 1. The summed E-state index contributed by atoms with van der Waals surface area (Å²) in [5.74, 6) is 0.187. The van der Waals surface area contributed by atoms with Crippen molar-refractivity contribution in [3.05, 3.63) is 24.0 Å². The molecule has 0 saturated heterocycles. The van der Waals surface area contributed by atoms with Crippen LogP contribution in [0, 0.1) is 6.92 Å². The molecule has 4 heteroatoms. The summed E-state index contributed by atoms with van der Waals surface area (Å²) in [6.45, 7) is 5.40. The molecule has 0 saturated carbocycles. The summed E-state index contributed by atoms with van der Waals surface area (Å²) in [7, 11) is 0. The van der Waals surface area contributed by atoms with Crippen LogP contribution in [0.5, 0.6) is 5.75 Å². The van der Waals surface area contributed by atoms with E-state index in [0.717, 1.165) is 5.56 Å². The summed E-state index contributed by atoms with van der Waals surface area (Å²) in [6, 6.07) is 0. The molecular weight excluding hydrogens is 184 g/mol. The molecule has 0 aliphatic rings. The zero-order valence-electron chi connectivity index (χ0n) is 7.66. The number of hydrogen-bond donors (Lipinski definition) is 2. The van der Waals surface area contributed by atoms with Gasteiger partial charge in [0.15, 0.2) is 5.75 Å². The number of hydrogen-bond acceptors (Lipinski definition) is 4. The van der Waals surface area contributed by atoms with Crippen LogP contribution < -0.4 is 4.72 Å². The molecule has 1 aromatic rings. The smallest absolute Gasteiger partial charge is 0.161 e. The maximum Gasteiger partial charge on any atom is 0.161 e. The zero-order chi connectivity index (χ0) is 9.84. The minimum Gasteiger partial charge on any atom is -0.504 e. The van der Waals surface area contributed by atoms with Crippen molar-refractivity contribution in [2.45, 2.75) is 6.92 Å². The highest BCUT2D eigenvalue weighted by Gasteiger charge is 2.08. The normalized spacial score (nSPS) is 9.69. The Labute approximate surface area is 82.0 Å². The van der Waals surface area contributed by atoms with E-state index in [9.17, 15) is 5.11 Å². The number of aromatic hydroxyl groups is 1. The first-order valence-corrected chi connectivity index (χ1v) is 5.03. The number of rotatable bonds is 3. The minimum absolute atomic E-state index is 0.187. The predicted molar refractivity (Wildman–Crippen MR) is 57.9 cm³/mol. The van der Waals surface area contributed by atoms with Crippen molar-refractivity contribution in [2.24, 2.45) is 0 Å². The Morgan fingerprint density at radius 1 is 1.69 bits per heavy atom. The number of pyridine rings is 1. The van der Waals surface area contributed by atoms with Crippen LogP contribution in [0.2, 0.25) is 0 Å². The highest BCUT2D eigenvalue weighted by molar-refractivity contribution is 7.99. The maximum atomic E-state index is 9.65. The third-order valence-corrected chi connectivity index (χ3v) is 2.10. The molecule has 0 bridgehead atoms. The number of nitrogens with zero attached hydrogens (tertiary/aromatic N) is 1. The summed E-state index contributed by atoms with van der Waals surface area (Å²) < 4.78 is 2.99. The lowest BCUT2D eigenvalue weighted by Crippen LogP contribution is -1.93. The minimum atomic E-state index is 0.187. The Balaban J connectivity index is 3.23. The van der Waals surface area contributed by atoms with Gasteiger partial charge in [-0.25, -0.2) is 0 Å². The molecule has 3 nitrogen and oxygen atoms in total. The summed E-state index contributed by atoms with van der Waals surface area (Å²) in [5.41, 5.74) is 2.09. The summed E-state index contributed by atoms with van der Waals surface area (Å²) in [4.78, 5) is 4.02. The Kier molecular flexibility index (Phi) is 3.19. The number of aromatic nitrogens is 1. The van der Waals surface area contributed by atoms with Crippen molar-refractivity contribution in [1.82, 2.24) is 4.98 Å². The second-order valence-electron chi connectivity index (χ2n) is 2.53. The lowest BCUT2D eigenvalue weighted by Gasteiger charge is -2.09. The van der Waals surface area contributed by atoms with Crippen LogP contribution in [0.3, 0.4) is 0 Å². The number of anilines is 1. The monoisotopic (exact) mass is 196 g/mol. The Morgan fingerprint density at radius 2 is 2.38 bits per heavy atom. The molecule has 2 N–H and O–H groups in total. The van der Waals surface area contributed by atoms with E-state index in [4.69, 9.17) is 0 Å². The molecule has 0 amide bonds. The van der Waals surface area contributed by atoms with E-state index in [1.165, 1.54) is 11.9 Å². The van der Waals surface area contributed by atoms with E-state index in [-0.39, 0.29) is 5.75 Å². The third kappa shape index (κ3) is 1.95. The molecule has 13 heavy (non-hydrogen) atoms. The van der Waals surface area contributed by atoms with Gasteiger partial charge in [-0.05, 0) is 6.92 Å². The van der Waals surface area contributed by atoms with Gasteiger partial charge in [-0.3, -0.25) is 4.98 Å². The van der Waals surface area contributed by atoms with Crippen molar-refractivity contribution < 1.29 is 5.11 Å². The largest absolute Gasteiger partial charge is 0.504 e. The van der Waals surface area contributed by atoms with E-state index in [2.05, 4.69) is 16.3 Å². The summed E-state index contributed by atoms with van der Waals surface area (Å²) in [6.07, 6.45) is 5.23. The van der Waals surface area contributed by atoms with Gasteiger partial charge in [0, 0.05) is 18.0 Å². The van der Waals surface area contributed by atoms with Crippen molar-refractivity contribution in [3.63, 3.8) is 0 Å². The molecular formula is C9H12N2OS. The van der Waals surface area contributed by atoms with E-state index in [1.807, 2.05) is 6.26 Å². The molecule has 70 valence electrons. The SMILES string of the molecule is C=Cc1cnc(C)c(O)c1NSC. The van der Waals surface area contributed by atoms with E-state index < -0.39 is 0 Å². The molecule has 0 unspecified atom stereocenters. The first kappa shape index (κ1) is 9.92. The lowest BCUT2D eigenvalue weighted by molar-refractivity contribution is 0.470. The van der Waals surface area contributed by atoms with Crippen molar-refractivity contribution >= 4 is 23.7 Å². The van der Waals surface area contributed by atoms with Crippen LogP contribution in [0.25, 0.3) is 6.08 Å². The Hall–Kier alpha value is -1.16. The van der Waals surface area contributed by atoms with Crippen LogP contribution in [0.4, 0.5) is 5.69 Å². The van der Waals surface area contributed by atoms with Gasteiger partial charge in [-0.1, -0.05) is 24.6 Å². The van der Waals surface area contributed by atoms with Crippen LogP contribution >= 0.6 is 11.9 Å². The van der Waals surface area contributed by atoms with Gasteiger partial charge in [0.2, 0.25) is 0 Å². The molecule has 1 aromatic heterocycles. The van der Waals surface area contributed by atoms with Gasteiger partial charge in [0.1, 0.15) is 0 Å². The van der Waals surface area contributed by atoms with Crippen molar-refractivity contribution in [1.29, 1.82) is 0 Å². The number of nitrogens with one attached hydrogen (secondary N) is 1. The highest BCUT2D eigenvalue weighted by Crippen LogP contribution is 2.31. The first-order valence-electron chi connectivity index (χ1n) is 3.80. The van der Waals surface area contributed by atoms with Crippen LogP contribution in [0.15, 0.2) is 12.8 Å². The molecule has 0 aliphatic heterocycles. The van der Waals surface area contributed by atoms with E-state index >= 15 is 0 Å². The fourth-order valence-corrected chi connectivity index (χ4v) is 1.39. The average Bonchev–Trinajstić information content (AvgIpc) is 2.14. The van der Waals surface area contributed by atoms with Crippen molar-refractivity contribution in [3.8, 4) is 5.75 Å². The van der Waals surface area contributed by atoms with Crippen LogP contribution in [-0.2, 0) is 0 Å². The second-order valence-corrected chi connectivity index (χ2v) is 3.15. The predicted octanol–water partition coefficient (Wildman–Crippen LogP) is 2.43. The van der Waals surface area contributed by atoms with Gasteiger partial charge < -0.3 is 9.83 Å². The van der Waals surface area contributed by atoms with Gasteiger partial charge in [-0.15, -0.1) is 0 Å². The van der Waals surface area contributed by atoms with E-state index in [0.29, 0.717) is 11.4 Å². The van der Waals surface area contributed by atoms with Gasteiger partial charge in [0.05, 0.1) is 11.4 Å². The topological polar surface area (TPSA) is 45.2 Å². The Morgan fingerprint density at radius 3 is 2.92 bits per heavy atom. The summed E-state index contributed by atoms with van der Waals surface area (Å²) >= 11 is 1.42. The average molecular weight is 196 g/mol. The third-order valence-electron chi connectivity index (χ3n) is 1.69. The fraction of sp³-hybridized carbons (Fsp3) is 0.222. The molecule has 0 aromatic carbocycles. The quantitative estimate of drug-likeness (QED) is 0.729. The van der Waals surface area contributed by atoms with Gasteiger partial charge >= 0.3 is 0 Å².